The van der Waals surface area contributed by atoms with Crippen LogP contribution >= 0.6 is 0 Å². The number of amides is 2. The summed E-state index contributed by atoms with van der Waals surface area (Å²) in [6.07, 6.45) is 1.35. The average molecular weight is 764 g/mol. The van der Waals surface area contributed by atoms with Crippen LogP contribution in [0, 0.1) is 16.0 Å². The first-order valence-electron chi connectivity index (χ1n) is 18.1. The van der Waals surface area contributed by atoms with Crippen LogP contribution in [-0.4, -0.2) is 58.0 Å². The van der Waals surface area contributed by atoms with Crippen molar-refractivity contribution in [1.82, 2.24) is 15.0 Å². The number of halogens is 1. The highest BCUT2D eigenvalue weighted by molar-refractivity contribution is 6.72. The minimum atomic E-state index is -3.52. The molecule has 5 atom stereocenters. The topological polar surface area (TPSA) is 179 Å². The molecule has 3 heterocycles. The fourth-order valence-electron chi connectivity index (χ4n) is 8.19. The van der Waals surface area contributed by atoms with Gasteiger partial charge in [0.15, 0.2) is 5.60 Å². The van der Waals surface area contributed by atoms with Crippen molar-refractivity contribution >= 4 is 43.0 Å². The number of anilines is 3. The second-order valence-corrected chi connectivity index (χ2v) is 18.5. The lowest BCUT2D eigenvalue weighted by atomic mass is 9.82. The molecule has 0 saturated carbocycles. The lowest BCUT2D eigenvalue weighted by molar-refractivity contribution is -0.385. The fourth-order valence-corrected chi connectivity index (χ4v) is 10.7. The van der Waals surface area contributed by atoms with Crippen molar-refractivity contribution in [3.63, 3.8) is 0 Å². The Balaban J connectivity index is 1.15. The maximum Gasteiger partial charge on any atom is 0.269 e. The second kappa shape index (κ2) is 14.8. The maximum atomic E-state index is 16.4. The average Bonchev–Trinajstić information content (AvgIpc) is 3.82. The third-order valence-corrected chi connectivity index (χ3v) is 13.3. The van der Waals surface area contributed by atoms with Gasteiger partial charge in [0, 0.05) is 58.8 Å². The molecule has 15 heteroatoms. The third-order valence-electron chi connectivity index (χ3n) is 10.8. The molecular formula is C40H42FN7O6Si. The van der Waals surface area contributed by atoms with Crippen LogP contribution in [0.15, 0.2) is 103 Å². The number of nitrogens with one attached hydrogen (secondary N) is 1. The molecule has 284 valence electrons. The minimum Gasteiger partial charge on any atom is -0.399 e. The van der Waals surface area contributed by atoms with Crippen molar-refractivity contribution in [2.24, 2.45) is 5.92 Å². The van der Waals surface area contributed by atoms with Crippen LogP contribution in [-0.2, 0) is 28.2 Å². The van der Waals surface area contributed by atoms with Crippen LogP contribution in [0.2, 0.25) is 18.6 Å². The van der Waals surface area contributed by atoms with E-state index in [4.69, 9.17) is 10.5 Å². The van der Waals surface area contributed by atoms with Crippen LogP contribution in [0.4, 0.5) is 26.9 Å². The number of nitrogens with zero attached hydrogens (tertiary/aromatic N) is 5. The zero-order valence-corrected chi connectivity index (χ0v) is 31.6. The Morgan fingerprint density at radius 3 is 2.45 bits per heavy atom. The van der Waals surface area contributed by atoms with Crippen LogP contribution < -0.4 is 16.0 Å². The van der Waals surface area contributed by atoms with E-state index in [2.05, 4.69) is 15.6 Å². The number of benzene rings is 4. The summed E-state index contributed by atoms with van der Waals surface area (Å²) in [6.45, 7) is 5.25. The third kappa shape index (κ3) is 7.13. The number of nitro groups is 1. The van der Waals surface area contributed by atoms with Crippen LogP contribution in [0.5, 0.6) is 0 Å². The number of carbonyl (C=O) groups is 2. The predicted molar refractivity (Wildman–Crippen MR) is 208 cm³/mol. The van der Waals surface area contributed by atoms with Gasteiger partial charge >= 0.3 is 0 Å². The van der Waals surface area contributed by atoms with Crippen LogP contribution in [0.25, 0.3) is 0 Å². The summed E-state index contributed by atoms with van der Waals surface area (Å²) in [5, 5.41) is 33.6. The van der Waals surface area contributed by atoms with Gasteiger partial charge < -0.3 is 29.9 Å². The monoisotopic (exact) mass is 763 g/mol. The van der Waals surface area contributed by atoms with Gasteiger partial charge in [-0.05, 0) is 73.1 Å². The summed E-state index contributed by atoms with van der Waals surface area (Å²) in [7, 11) is -3.52. The van der Waals surface area contributed by atoms with E-state index < -0.39 is 42.4 Å². The number of hydrogen-bond acceptors (Lipinski definition) is 9. The van der Waals surface area contributed by atoms with E-state index in [9.17, 15) is 24.8 Å². The Hall–Kier alpha value is -5.77. The molecule has 0 bridgehead atoms. The normalized spacial score (nSPS) is 21.1. The first-order chi connectivity index (χ1) is 26.3. The first kappa shape index (κ1) is 37.5. The number of fused-ring (bicyclic) bond motifs is 2. The number of rotatable bonds is 12. The maximum absolute atomic E-state index is 16.4. The lowest BCUT2D eigenvalue weighted by Crippen LogP contribution is -2.45. The number of nitro benzene ring substituents is 1. The van der Waals surface area contributed by atoms with Crippen LogP contribution in [0.3, 0.4) is 0 Å². The number of carbonyl (C=O) groups excluding carboxylic acids is 2. The van der Waals surface area contributed by atoms with E-state index in [-0.39, 0.29) is 30.7 Å². The highest BCUT2D eigenvalue weighted by Gasteiger charge is 2.66. The Morgan fingerprint density at radius 1 is 1.09 bits per heavy atom. The number of non-ortho nitro benzene ring substituents is 1. The largest absolute Gasteiger partial charge is 0.399 e. The summed E-state index contributed by atoms with van der Waals surface area (Å²) >= 11 is 0. The molecule has 0 aliphatic carbocycles. The van der Waals surface area contributed by atoms with Gasteiger partial charge in [-0.15, -0.1) is 5.10 Å². The van der Waals surface area contributed by atoms with Gasteiger partial charge in [0.25, 0.3) is 17.5 Å². The molecule has 13 nitrogen and oxygen atoms in total. The van der Waals surface area contributed by atoms with E-state index >= 15 is 4.11 Å². The summed E-state index contributed by atoms with van der Waals surface area (Å²) in [4.78, 5) is 40.6. The highest BCUT2D eigenvalue weighted by Crippen LogP contribution is 2.60. The van der Waals surface area contributed by atoms with E-state index in [1.807, 2.05) is 30.3 Å². The van der Waals surface area contributed by atoms with Gasteiger partial charge in [-0.1, -0.05) is 54.6 Å². The van der Waals surface area contributed by atoms with Crippen molar-refractivity contribution in [1.29, 1.82) is 0 Å². The van der Waals surface area contributed by atoms with Gasteiger partial charge in [-0.25, -0.2) is 0 Å². The molecule has 1 saturated heterocycles. The quantitative estimate of drug-likeness (QED) is 0.0418. The lowest BCUT2D eigenvalue weighted by Gasteiger charge is -2.31. The molecule has 4 N–H and O–H groups in total. The Kier molecular flexibility index (Phi) is 10.1. The summed E-state index contributed by atoms with van der Waals surface area (Å²) in [5.41, 5.74) is 7.80. The Morgan fingerprint density at radius 2 is 1.80 bits per heavy atom. The number of ether oxygens (including phenoxy) is 1. The van der Waals surface area contributed by atoms with Crippen molar-refractivity contribution in [2.75, 3.05) is 22.6 Å². The zero-order valence-electron chi connectivity index (χ0n) is 30.6. The van der Waals surface area contributed by atoms with E-state index in [0.29, 0.717) is 46.8 Å². The van der Waals surface area contributed by atoms with Gasteiger partial charge in [-0.3, -0.25) is 24.4 Å². The minimum absolute atomic E-state index is 0.106. The molecule has 2 aliphatic rings. The van der Waals surface area contributed by atoms with E-state index in [1.54, 1.807) is 90.4 Å². The number of aromatic nitrogens is 3. The number of nitrogens with two attached hydrogens (primary N) is 1. The highest BCUT2D eigenvalue weighted by atomic mass is 28.4. The Bertz CT molecular complexity index is 2210. The van der Waals surface area contributed by atoms with Crippen molar-refractivity contribution in [3.8, 4) is 0 Å². The SMILES string of the molecule is C[C@H]1[C@H]([Si](C)(C)F)[C@@H](CCn2cc(C(CO)c3ccccc3)nn2)O[C@]12C(=O)N(Cc1ccc(NC(=O)c3ccc(N)cc3)cc1)c1ccc([N+](=O)[O-])cc12. The number of aliphatic hydroxyl groups excluding tert-OH is 1. The molecule has 2 aliphatic heterocycles. The predicted octanol–water partition coefficient (Wildman–Crippen LogP) is 6.56. The molecule has 1 unspecified atom stereocenters. The number of aryl methyl sites for hydroxylation is 1. The number of aliphatic hydroxyl groups is 1. The van der Waals surface area contributed by atoms with Gasteiger partial charge in [0.05, 0.1) is 41.5 Å². The van der Waals surface area contributed by atoms with E-state index in [1.165, 1.54) is 12.1 Å². The number of nitrogen functional groups attached to an aromatic ring is 1. The zero-order chi connectivity index (χ0) is 39.1. The number of hydrogen-bond donors (Lipinski definition) is 3. The standard InChI is InChI=1S/C40H42FN7O6Si/c1-25-37(55(2,3)41)36(19-20-46-23-34(44-45-46)32(24-49)27-7-5-4-6-8-27)54-40(25)33-21-31(48(52)53)17-18-35(33)47(39(40)51)22-26-9-15-30(16-10-26)43-38(50)28-11-13-29(42)14-12-28/h4-18,21,23,25,32,36-37,49H,19-20,22,24,42H2,1-3H3,(H,43,50)/t25-,32?,36+,37-,40+/m0/s1. The Labute approximate surface area is 318 Å². The fraction of sp³-hybridized carbons (Fsp3) is 0.300. The molecule has 1 spiro atoms. The van der Waals surface area contributed by atoms with E-state index in [0.717, 1.165) is 11.1 Å². The summed E-state index contributed by atoms with van der Waals surface area (Å²) < 4.78 is 24.9. The second-order valence-electron chi connectivity index (χ2n) is 14.7. The van der Waals surface area contributed by atoms with Crippen LogP contribution in [0.1, 0.15) is 52.0 Å². The summed E-state index contributed by atoms with van der Waals surface area (Å²) in [6, 6.07) is 27.4. The molecule has 0 radical (unpaired) electrons. The molecule has 7 rings (SSSR count). The molecular weight excluding hydrogens is 722 g/mol. The molecule has 1 aromatic heterocycles. The molecule has 2 amide bonds. The molecule has 1 fully saturated rings. The summed E-state index contributed by atoms with van der Waals surface area (Å²) in [5.74, 6) is -1.75. The van der Waals surface area contributed by atoms with Crippen molar-refractivity contribution in [3.05, 3.63) is 141 Å². The van der Waals surface area contributed by atoms with Gasteiger partial charge in [0.1, 0.15) is 0 Å². The molecule has 5 aromatic rings. The smallest absolute Gasteiger partial charge is 0.269 e. The van der Waals surface area contributed by atoms with Crippen molar-refractivity contribution in [2.45, 2.75) is 62.7 Å². The van der Waals surface area contributed by atoms with Gasteiger partial charge in [-0.2, -0.15) is 0 Å². The molecule has 55 heavy (non-hydrogen) atoms. The first-order valence-corrected chi connectivity index (χ1v) is 21.0. The van der Waals surface area contributed by atoms with Crippen molar-refractivity contribution < 1.29 is 28.5 Å². The molecule has 4 aromatic carbocycles. The van der Waals surface area contributed by atoms with Gasteiger partial charge in [0.2, 0.25) is 8.41 Å².